The van der Waals surface area contributed by atoms with Crippen LogP contribution in [0.3, 0.4) is 0 Å². The Morgan fingerprint density at radius 2 is 1.54 bits per heavy atom. The molecule has 0 heterocycles. The zero-order valence-electron chi connectivity index (χ0n) is 18.1. The number of ketones is 1. The number of benzene rings is 1. The van der Waals surface area contributed by atoms with E-state index in [4.69, 9.17) is 4.57 Å². The highest BCUT2D eigenvalue weighted by atomic mass is 31.0. The Kier molecular flexibility index (Phi) is 8.56. The van der Waals surface area contributed by atoms with Crippen LogP contribution in [0.25, 0.3) is 0 Å². The lowest BCUT2D eigenvalue weighted by atomic mass is 9.52. The quantitative estimate of drug-likeness (QED) is 0.441. The van der Waals surface area contributed by atoms with Crippen LogP contribution in [0.15, 0.2) is 12.1 Å². The Bertz CT molecular complexity index is 696. The van der Waals surface area contributed by atoms with Gasteiger partial charge in [-0.25, -0.2) is 0 Å². The van der Waals surface area contributed by atoms with E-state index < -0.39 is 16.8 Å². The van der Waals surface area contributed by atoms with Crippen LogP contribution in [-0.4, -0.2) is 16.9 Å². The Hall–Kier alpha value is -1.54. The lowest BCUT2D eigenvalue weighted by molar-refractivity contribution is -0.158. The van der Waals surface area contributed by atoms with Crippen LogP contribution in [0.1, 0.15) is 86.3 Å². The van der Waals surface area contributed by atoms with Gasteiger partial charge < -0.3 is 5.11 Å². The van der Waals surface area contributed by atoms with E-state index in [0.717, 1.165) is 41.5 Å². The Balaban J connectivity index is 0.00000190. The van der Waals surface area contributed by atoms with Gasteiger partial charge in [-0.3, -0.25) is 14.2 Å². The summed E-state index contributed by atoms with van der Waals surface area (Å²) in [5.41, 5.74) is 1.96. The lowest BCUT2D eigenvalue weighted by Crippen LogP contribution is -2.53. The number of carboxylic acids is 1. The van der Waals surface area contributed by atoms with Crippen molar-refractivity contribution in [2.24, 2.45) is 16.7 Å². The predicted molar refractivity (Wildman–Crippen MR) is 115 cm³/mol. The highest BCUT2D eigenvalue weighted by molar-refractivity contribution is 7.00. The lowest BCUT2D eigenvalue weighted by Gasteiger charge is -2.48. The number of carbonyl (C=O) groups is 2. The molecule has 1 unspecified atom stereocenters. The summed E-state index contributed by atoms with van der Waals surface area (Å²) in [4.78, 5) is 26.4. The molecule has 0 bridgehead atoms. The summed E-state index contributed by atoms with van der Waals surface area (Å²) in [5.74, 6) is -0.551. The van der Waals surface area contributed by atoms with Crippen molar-refractivity contribution in [2.75, 3.05) is 0 Å². The first-order valence-corrected chi connectivity index (χ1v) is 10.5. The van der Waals surface area contributed by atoms with Crippen LogP contribution < -0.4 is 0 Å². The van der Waals surface area contributed by atoms with Crippen molar-refractivity contribution in [2.45, 2.75) is 80.1 Å². The van der Waals surface area contributed by atoms with Gasteiger partial charge in [-0.05, 0) is 64.0 Å². The highest BCUT2D eigenvalue weighted by Gasteiger charge is 2.58. The molecule has 1 N–H and O–H groups in total. The standard InChI is InChI=1S/C23H34O3.HOP/c1-15(2)14-22(6,21(25)26)23(10-8-7-9-11-23)20(24)19-17(4)12-16(3)13-18(19)5;1-2/h12-13,15H,7-11,14H2,1-6H3,(H,25,26);2H. The number of aryl methyl sites for hydroxylation is 3. The molecule has 156 valence electrons. The molecule has 0 aliphatic heterocycles. The zero-order chi connectivity index (χ0) is 21.7. The van der Waals surface area contributed by atoms with E-state index in [0.29, 0.717) is 19.3 Å². The maximum atomic E-state index is 13.9. The Labute approximate surface area is 171 Å². The normalized spacial score (nSPS) is 18.0. The van der Waals surface area contributed by atoms with E-state index in [-0.39, 0.29) is 11.7 Å². The zero-order valence-corrected chi connectivity index (χ0v) is 19.1. The molecule has 0 amide bonds. The van der Waals surface area contributed by atoms with Gasteiger partial charge in [0, 0.05) is 11.0 Å². The van der Waals surface area contributed by atoms with Crippen molar-refractivity contribution in [3.05, 3.63) is 34.4 Å². The topological polar surface area (TPSA) is 71.4 Å². The van der Waals surface area contributed by atoms with E-state index in [9.17, 15) is 14.7 Å². The molecule has 4 nitrogen and oxygen atoms in total. The van der Waals surface area contributed by atoms with Gasteiger partial charge in [0.1, 0.15) is 9.12 Å². The minimum atomic E-state index is -1.04. The minimum absolute atomic E-state index is 0.0535. The Morgan fingerprint density at radius 3 is 1.93 bits per heavy atom. The molecule has 1 aliphatic carbocycles. The van der Waals surface area contributed by atoms with Crippen molar-refractivity contribution in [1.82, 2.24) is 0 Å². The largest absolute Gasteiger partial charge is 0.481 e. The highest BCUT2D eigenvalue weighted by Crippen LogP contribution is 2.55. The summed E-state index contributed by atoms with van der Waals surface area (Å²) in [6.07, 6.45) is 4.81. The van der Waals surface area contributed by atoms with E-state index in [1.807, 2.05) is 53.7 Å². The number of hydrogen-bond acceptors (Lipinski definition) is 3. The maximum absolute atomic E-state index is 13.9. The maximum Gasteiger partial charge on any atom is 0.310 e. The second-order valence-electron chi connectivity index (χ2n) is 8.98. The molecule has 1 fully saturated rings. The molecule has 0 aromatic heterocycles. The number of carbonyl (C=O) groups excluding carboxylic acids is 1. The van der Waals surface area contributed by atoms with Crippen molar-refractivity contribution in [3.8, 4) is 0 Å². The van der Waals surface area contributed by atoms with Crippen molar-refractivity contribution in [1.29, 1.82) is 0 Å². The molecule has 0 saturated heterocycles. The third-order valence-electron chi connectivity index (χ3n) is 6.39. The summed E-state index contributed by atoms with van der Waals surface area (Å²) in [6, 6.07) is 4.08. The minimum Gasteiger partial charge on any atom is -0.481 e. The van der Waals surface area contributed by atoms with Gasteiger partial charge in [-0.2, -0.15) is 0 Å². The van der Waals surface area contributed by atoms with E-state index >= 15 is 0 Å². The van der Waals surface area contributed by atoms with Crippen LogP contribution in [0.4, 0.5) is 0 Å². The fourth-order valence-corrected chi connectivity index (χ4v) is 5.27. The molecule has 28 heavy (non-hydrogen) atoms. The summed E-state index contributed by atoms with van der Waals surface area (Å²) in [6.45, 7) is 11.9. The molecule has 5 heteroatoms. The van der Waals surface area contributed by atoms with Gasteiger partial charge in [-0.15, -0.1) is 0 Å². The van der Waals surface area contributed by atoms with Gasteiger partial charge in [0.15, 0.2) is 5.78 Å². The van der Waals surface area contributed by atoms with E-state index in [1.165, 1.54) is 0 Å². The molecule has 1 aromatic rings. The predicted octanol–water partition coefficient (Wildman–Crippen LogP) is 6.36. The SMILES string of the molecule is Cc1cc(C)c(C(=O)C2(C(C)(CC(C)C)C(=O)O)CCCCC2)c(C)c1.O=P. The number of carboxylic acid groups (broad SMARTS) is 1. The van der Waals surface area contributed by atoms with Gasteiger partial charge in [-0.1, -0.05) is 50.8 Å². The van der Waals surface area contributed by atoms with Gasteiger partial charge in [0.05, 0.1) is 5.41 Å². The third kappa shape index (κ3) is 4.54. The molecular weight excluding hydrogens is 371 g/mol. The van der Waals surface area contributed by atoms with Crippen molar-refractivity contribution >= 4 is 20.9 Å². The number of rotatable bonds is 6. The third-order valence-corrected chi connectivity index (χ3v) is 6.39. The number of Topliss-reactive ketones (excluding diaryl/α,β-unsaturated/α-hetero) is 1. The van der Waals surface area contributed by atoms with Gasteiger partial charge in [0.25, 0.3) is 0 Å². The van der Waals surface area contributed by atoms with Crippen molar-refractivity contribution < 1.29 is 19.3 Å². The second kappa shape index (κ2) is 9.78. The molecule has 0 spiro atoms. The molecule has 1 aromatic carbocycles. The summed E-state index contributed by atoms with van der Waals surface area (Å²) in [7, 11) is 1.72. The smallest absolute Gasteiger partial charge is 0.310 e. The monoisotopic (exact) mass is 406 g/mol. The average Bonchev–Trinajstić information content (AvgIpc) is 2.62. The van der Waals surface area contributed by atoms with Crippen LogP contribution in [0, 0.1) is 37.5 Å². The number of aliphatic carboxylic acids is 1. The number of hydrogen-bond donors (Lipinski definition) is 1. The van der Waals surface area contributed by atoms with Crippen molar-refractivity contribution in [3.63, 3.8) is 0 Å². The molecule has 2 rings (SSSR count). The fourth-order valence-electron chi connectivity index (χ4n) is 5.27. The molecule has 0 radical (unpaired) electrons. The van der Waals surface area contributed by atoms with Crippen LogP contribution in [0.5, 0.6) is 0 Å². The molecule has 1 atom stereocenters. The van der Waals surface area contributed by atoms with E-state index in [2.05, 4.69) is 0 Å². The summed E-state index contributed by atoms with van der Waals surface area (Å²) in [5, 5.41) is 10.2. The molecule has 1 aliphatic rings. The first-order chi connectivity index (χ1) is 13.0. The Morgan fingerprint density at radius 1 is 1.07 bits per heavy atom. The fraction of sp³-hybridized carbons (Fsp3) is 0.652. The van der Waals surface area contributed by atoms with Gasteiger partial charge >= 0.3 is 5.97 Å². The second-order valence-corrected chi connectivity index (χ2v) is 8.98. The van der Waals surface area contributed by atoms with Crippen LogP contribution >= 0.6 is 9.12 Å². The van der Waals surface area contributed by atoms with Gasteiger partial charge in [0.2, 0.25) is 0 Å². The first kappa shape index (κ1) is 24.5. The van der Waals surface area contributed by atoms with Crippen LogP contribution in [-0.2, 0) is 9.36 Å². The van der Waals surface area contributed by atoms with E-state index in [1.54, 1.807) is 9.12 Å². The van der Waals surface area contributed by atoms with Crippen LogP contribution in [0.2, 0.25) is 0 Å². The first-order valence-electron chi connectivity index (χ1n) is 10.1. The summed E-state index contributed by atoms with van der Waals surface area (Å²) < 4.78 is 8.06. The molecule has 1 saturated carbocycles. The summed E-state index contributed by atoms with van der Waals surface area (Å²) >= 11 is 0. The average molecular weight is 407 g/mol. The molecular formula is C23H35O4P.